The first-order valence-electron chi connectivity index (χ1n) is 17.7. The van der Waals surface area contributed by atoms with Crippen LogP contribution < -0.4 is 9.64 Å². The van der Waals surface area contributed by atoms with E-state index < -0.39 is 23.3 Å². The lowest BCUT2D eigenvalue weighted by Gasteiger charge is -2.41. The maximum atomic E-state index is 17.6. The number of terminal acetylenes is 1. The predicted molar refractivity (Wildman–Crippen MR) is 188 cm³/mol. The first-order chi connectivity index (χ1) is 24.7. The van der Waals surface area contributed by atoms with Crippen molar-refractivity contribution < 1.29 is 32.5 Å². The zero-order valence-corrected chi connectivity index (χ0v) is 28.3. The van der Waals surface area contributed by atoms with Gasteiger partial charge in [-0.2, -0.15) is 9.97 Å². The highest BCUT2D eigenvalue weighted by Gasteiger charge is 2.49. The smallest absolute Gasteiger partial charge is 0.319 e. The molecule has 4 aliphatic rings. The van der Waals surface area contributed by atoms with Crippen LogP contribution in [0.15, 0.2) is 34.7 Å². The van der Waals surface area contributed by atoms with Gasteiger partial charge < -0.3 is 24.3 Å². The fourth-order valence-corrected chi connectivity index (χ4v) is 9.53. The average molecular weight is 698 g/mol. The zero-order chi connectivity index (χ0) is 35.2. The van der Waals surface area contributed by atoms with E-state index in [-0.39, 0.29) is 70.2 Å². The Balaban J connectivity index is 1.28. The molecule has 2 bridgehead atoms. The maximum Gasteiger partial charge on any atom is 0.319 e. The lowest BCUT2D eigenvalue weighted by molar-refractivity contribution is 0.107. The van der Waals surface area contributed by atoms with E-state index in [0.29, 0.717) is 60.3 Å². The first kappa shape index (κ1) is 32.3. The monoisotopic (exact) mass is 697 g/mol. The van der Waals surface area contributed by atoms with Crippen molar-refractivity contribution in [3.63, 3.8) is 0 Å². The number of piperazine rings is 1. The number of ether oxygens (including phenoxy) is 1. The van der Waals surface area contributed by atoms with Crippen LogP contribution in [0.2, 0.25) is 0 Å². The molecule has 12 heteroatoms. The van der Waals surface area contributed by atoms with Gasteiger partial charge >= 0.3 is 6.01 Å². The first-order valence-corrected chi connectivity index (χ1v) is 17.7. The van der Waals surface area contributed by atoms with Gasteiger partial charge in [0.2, 0.25) is 0 Å². The fourth-order valence-electron chi connectivity index (χ4n) is 9.53. The molecule has 9 nitrogen and oxygen atoms in total. The molecule has 6 heterocycles. The van der Waals surface area contributed by atoms with Gasteiger partial charge in [0.25, 0.3) is 0 Å². The Morgan fingerprint density at radius 1 is 1.10 bits per heavy atom. The number of alkyl halides is 1. The summed E-state index contributed by atoms with van der Waals surface area (Å²) in [5.41, 5.74) is -0.223. The number of furan rings is 1. The lowest BCUT2D eigenvalue weighted by Crippen LogP contribution is -2.54. The molecule has 3 aromatic carbocycles. The number of aliphatic hydroxyl groups is 1. The molecule has 4 atom stereocenters. The lowest BCUT2D eigenvalue weighted by atomic mass is 9.91. The molecule has 4 saturated heterocycles. The van der Waals surface area contributed by atoms with Crippen LogP contribution in [-0.4, -0.2) is 99.7 Å². The highest BCUT2D eigenvalue weighted by molar-refractivity contribution is 6.18. The van der Waals surface area contributed by atoms with Crippen molar-refractivity contribution >= 4 is 38.5 Å². The molecule has 51 heavy (non-hydrogen) atoms. The number of benzene rings is 3. The number of fused-ring (bicyclic) bond motifs is 7. The number of halogens is 3. The second-order valence-electron chi connectivity index (χ2n) is 14.6. The Morgan fingerprint density at radius 3 is 2.67 bits per heavy atom. The molecule has 4 aliphatic heterocycles. The quantitative estimate of drug-likeness (QED) is 0.197. The molecule has 0 saturated carbocycles. The number of anilines is 1. The predicted octanol–water partition coefficient (Wildman–Crippen LogP) is 6.07. The number of hydrogen-bond donors (Lipinski definition) is 2. The van der Waals surface area contributed by atoms with E-state index in [0.717, 1.165) is 32.2 Å². The molecule has 0 amide bonds. The van der Waals surface area contributed by atoms with Gasteiger partial charge in [-0.1, -0.05) is 12.0 Å². The average Bonchev–Trinajstić information content (AvgIpc) is 3.82. The topological polar surface area (TPSA) is 98.3 Å². The van der Waals surface area contributed by atoms with E-state index >= 15 is 8.78 Å². The Kier molecular flexibility index (Phi) is 7.61. The number of rotatable bonds is 7. The number of phenolic OH excluding ortho intramolecular Hbond substituents is 1. The van der Waals surface area contributed by atoms with Crippen molar-refractivity contribution in [2.24, 2.45) is 0 Å². The fraction of sp³-hybridized carbons (Fsp3) is 0.436. The highest BCUT2D eigenvalue weighted by Crippen LogP contribution is 2.47. The van der Waals surface area contributed by atoms with Crippen LogP contribution in [0.3, 0.4) is 0 Å². The second-order valence-corrected chi connectivity index (χ2v) is 14.6. The summed E-state index contributed by atoms with van der Waals surface area (Å²) in [6.45, 7) is 4.94. The van der Waals surface area contributed by atoms with Crippen LogP contribution in [0, 0.1) is 30.9 Å². The largest absolute Gasteiger partial charge is 0.508 e. The van der Waals surface area contributed by atoms with Crippen LogP contribution in [0.5, 0.6) is 11.8 Å². The normalized spacial score (nSPS) is 25.0. The Bertz CT molecular complexity index is 2260. The summed E-state index contributed by atoms with van der Waals surface area (Å²) in [4.78, 5) is 16.3. The zero-order valence-electron chi connectivity index (χ0n) is 28.3. The van der Waals surface area contributed by atoms with Crippen LogP contribution in [0.1, 0.15) is 43.4 Å². The van der Waals surface area contributed by atoms with E-state index in [1.54, 1.807) is 6.92 Å². The van der Waals surface area contributed by atoms with Crippen molar-refractivity contribution in [2.75, 3.05) is 50.8 Å². The van der Waals surface area contributed by atoms with Gasteiger partial charge in [0, 0.05) is 61.0 Å². The van der Waals surface area contributed by atoms with Gasteiger partial charge in [0.1, 0.15) is 47.0 Å². The Morgan fingerprint density at radius 2 is 1.90 bits per heavy atom. The standard InChI is InChI=1S/C39H38F3N5O4/c1-3-27-30(41)8-5-22-14-26(49)15-28(31(22)27)32-34(42)35-33(29-13-21(2)51-36(29)32)37(45-18-24-6-7-25(19-45)47(24)11-12-48)44-38(43-35)50-20-39-9-4-10-46(39)17-23(40)16-39/h1,5,8,13-15,23-25,48-49H,4,6-7,9-12,16-20H2,2H3/t23-,24?,25?,39?/m1/s1. The van der Waals surface area contributed by atoms with E-state index in [4.69, 9.17) is 25.5 Å². The van der Waals surface area contributed by atoms with Gasteiger partial charge in [0.15, 0.2) is 5.82 Å². The van der Waals surface area contributed by atoms with Crippen LogP contribution in [0.4, 0.5) is 19.0 Å². The summed E-state index contributed by atoms with van der Waals surface area (Å²) in [7, 11) is 0. The summed E-state index contributed by atoms with van der Waals surface area (Å²) in [5.74, 6) is 1.86. The maximum absolute atomic E-state index is 17.6. The van der Waals surface area contributed by atoms with Gasteiger partial charge in [-0.3, -0.25) is 9.80 Å². The molecule has 0 spiro atoms. The van der Waals surface area contributed by atoms with E-state index in [2.05, 4.69) is 20.6 Å². The number of aryl methyl sites for hydroxylation is 1. The molecule has 2 N–H and O–H groups in total. The van der Waals surface area contributed by atoms with Crippen molar-refractivity contribution in [1.29, 1.82) is 0 Å². The number of hydrogen-bond acceptors (Lipinski definition) is 9. The van der Waals surface area contributed by atoms with Crippen LogP contribution in [0.25, 0.3) is 43.8 Å². The summed E-state index contributed by atoms with van der Waals surface area (Å²) >= 11 is 0. The van der Waals surface area contributed by atoms with E-state index in [1.807, 2.05) is 6.07 Å². The van der Waals surface area contributed by atoms with Crippen molar-refractivity contribution in [3.8, 4) is 35.2 Å². The SMILES string of the molecule is C#Cc1c(F)ccc2cc(O)cc(-c3c(F)c4nc(OCC56CCCN5C[C@H](F)C6)nc(N5CC6CCC(C5)N6CCO)c4c4cc(C)oc34)c12. The molecule has 0 radical (unpaired) electrons. The van der Waals surface area contributed by atoms with Crippen molar-refractivity contribution in [1.82, 2.24) is 19.8 Å². The molecule has 2 aromatic heterocycles. The number of aromatic hydroxyl groups is 1. The van der Waals surface area contributed by atoms with Gasteiger partial charge in [0.05, 0.1) is 28.7 Å². The highest BCUT2D eigenvalue weighted by atomic mass is 19.1. The molecule has 0 aliphatic carbocycles. The van der Waals surface area contributed by atoms with Crippen molar-refractivity contribution in [3.05, 3.63) is 53.3 Å². The summed E-state index contributed by atoms with van der Waals surface area (Å²) in [6, 6.07) is 7.68. The summed E-state index contributed by atoms with van der Waals surface area (Å²) < 4.78 is 60.0. The minimum atomic E-state index is -0.944. The molecule has 9 rings (SSSR count). The second kappa shape index (κ2) is 12.0. The van der Waals surface area contributed by atoms with Crippen LogP contribution in [-0.2, 0) is 0 Å². The van der Waals surface area contributed by atoms with Crippen LogP contribution >= 0.6 is 0 Å². The third kappa shape index (κ3) is 5.04. The number of phenols is 1. The number of aliphatic hydroxyl groups excluding tert-OH is 1. The van der Waals surface area contributed by atoms with Gasteiger partial charge in [-0.25, -0.2) is 13.2 Å². The molecular formula is C39H38F3N5O4. The van der Waals surface area contributed by atoms with Gasteiger partial charge in [-0.05, 0) is 68.8 Å². The van der Waals surface area contributed by atoms with E-state index in [1.165, 1.54) is 24.3 Å². The molecule has 264 valence electrons. The van der Waals surface area contributed by atoms with Crippen molar-refractivity contribution in [2.45, 2.75) is 62.8 Å². The minimum absolute atomic E-state index is 0.0193. The molecule has 5 aromatic rings. The summed E-state index contributed by atoms with van der Waals surface area (Å²) in [5, 5.41) is 22.3. The molecule has 4 fully saturated rings. The Labute approximate surface area is 292 Å². The molecule has 3 unspecified atom stereocenters. The Hall–Kier alpha value is -4.57. The van der Waals surface area contributed by atoms with E-state index in [9.17, 15) is 14.6 Å². The third-order valence-electron chi connectivity index (χ3n) is 11.6. The number of aromatic nitrogens is 2. The third-order valence-corrected chi connectivity index (χ3v) is 11.6. The number of nitrogens with zero attached hydrogens (tertiary/aromatic N) is 5. The molecular weight excluding hydrogens is 659 g/mol. The van der Waals surface area contributed by atoms with Gasteiger partial charge in [-0.15, -0.1) is 6.42 Å². The summed E-state index contributed by atoms with van der Waals surface area (Å²) in [6.07, 6.45) is 8.87. The minimum Gasteiger partial charge on any atom is -0.508 e.